The van der Waals surface area contributed by atoms with Crippen LogP contribution < -0.4 is 4.90 Å². The molecule has 1 aromatic carbocycles. The summed E-state index contributed by atoms with van der Waals surface area (Å²) in [5, 5.41) is 15.6. The normalized spacial score (nSPS) is 17.2. The number of benzene rings is 1. The third-order valence-corrected chi connectivity index (χ3v) is 5.50. The Morgan fingerprint density at radius 3 is 2.88 bits per heavy atom. The molecule has 1 atom stereocenters. The number of carbonyl (C=O) groups excluding carboxylic acids is 1. The van der Waals surface area contributed by atoms with E-state index in [-0.39, 0.29) is 16.5 Å². The molecule has 0 saturated carbocycles. The van der Waals surface area contributed by atoms with Crippen molar-refractivity contribution in [1.29, 1.82) is 0 Å². The van der Waals surface area contributed by atoms with Crippen LogP contribution in [0, 0.1) is 16.0 Å². The highest BCUT2D eigenvalue weighted by Crippen LogP contribution is 2.32. The lowest BCUT2D eigenvalue weighted by Gasteiger charge is -2.32. The third-order valence-electron chi connectivity index (χ3n) is 4.76. The minimum atomic E-state index is -0.385. The van der Waals surface area contributed by atoms with Crippen molar-refractivity contribution in [2.75, 3.05) is 25.0 Å². The number of rotatable bonds is 5. The first-order valence-corrected chi connectivity index (χ1v) is 9.70. The van der Waals surface area contributed by atoms with Gasteiger partial charge >= 0.3 is 0 Å². The van der Waals surface area contributed by atoms with Gasteiger partial charge in [-0.25, -0.2) is 0 Å². The van der Waals surface area contributed by atoms with Crippen LogP contribution in [0.1, 0.15) is 35.7 Å². The van der Waals surface area contributed by atoms with Gasteiger partial charge in [0.1, 0.15) is 5.69 Å². The average Bonchev–Trinajstić information content (AvgIpc) is 3.13. The molecule has 3 rings (SSSR count). The number of amides is 1. The molecule has 2 aromatic rings. The van der Waals surface area contributed by atoms with Gasteiger partial charge in [-0.3, -0.25) is 14.9 Å². The Bertz CT molecular complexity index is 791. The number of nitro benzene ring substituents is 1. The van der Waals surface area contributed by atoms with E-state index in [0.29, 0.717) is 23.7 Å². The summed E-state index contributed by atoms with van der Waals surface area (Å²) in [6.07, 6.45) is 2.18. The van der Waals surface area contributed by atoms with Gasteiger partial charge in [-0.15, -0.1) is 0 Å². The minimum absolute atomic E-state index is 0.00823. The highest BCUT2D eigenvalue weighted by Gasteiger charge is 2.25. The lowest BCUT2D eigenvalue weighted by Crippen LogP contribution is -2.34. The van der Waals surface area contributed by atoms with Gasteiger partial charge in [0.2, 0.25) is 0 Å². The molecular weight excluding hydrogens is 350 g/mol. The monoisotopic (exact) mass is 373 g/mol. The van der Waals surface area contributed by atoms with Crippen molar-refractivity contribution in [3.05, 3.63) is 56.3 Å². The molecule has 0 aliphatic carbocycles. The predicted molar refractivity (Wildman–Crippen MR) is 104 cm³/mol. The largest absolute Gasteiger partial charge is 0.366 e. The van der Waals surface area contributed by atoms with E-state index in [2.05, 4.69) is 11.8 Å². The molecular formula is C19H23N3O3S. The van der Waals surface area contributed by atoms with Crippen LogP contribution in [0.3, 0.4) is 0 Å². The van der Waals surface area contributed by atoms with Crippen molar-refractivity contribution in [2.45, 2.75) is 26.3 Å². The number of carbonyl (C=O) groups is 1. The van der Waals surface area contributed by atoms with Crippen molar-refractivity contribution < 1.29 is 9.72 Å². The molecule has 7 heteroatoms. The van der Waals surface area contributed by atoms with Crippen molar-refractivity contribution in [3.63, 3.8) is 0 Å². The zero-order valence-electron chi connectivity index (χ0n) is 15.1. The van der Waals surface area contributed by atoms with E-state index in [4.69, 9.17) is 0 Å². The Labute approximate surface area is 157 Å². The molecule has 0 spiro atoms. The molecule has 1 aromatic heterocycles. The fraction of sp³-hybridized carbons (Fsp3) is 0.421. The lowest BCUT2D eigenvalue weighted by molar-refractivity contribution is -0.384. The maximum Gasteiger partial charge on any atom is 0.293 e. The van der Waals surface area contributed by atoms with Gasteiger partial charge in [0.15, 0.2) is 0 Å². The molecule has 1 amide bonds. The maximum atomic E-state index is 12.7. The number of nitro groups is 1. The molecule has 138 valence electrons. The zero-order chi connectivity index (χ0) is 18.7. The number of nitrogens with zero attached hydrogens (tertiary/aromatic N) is 3. The quantitative estimate of drug-likeness (QED) is 0.583. The fourth-order valence-corrected chi connectivity index (χ4v) is 4.09. The second-order valence-electron chi connectivity index (χ2n) is 6.95. The summed E-state index contributed by atoms with van der Waals surface area (Å²) in [4.78, 5) is 27.5. The van der Waals surface area contributed by atoms with Crippen LogP contribution in [-0.4, -0.2) is 35.9 Å². The van der Waals surface area contributed by atoms with Crippen LogP contribution in [0.25, 0.3) is 0 Å². The Balaban J connectivity index is 1.83. The van der Waals surface area contributed by atoms with Crippen molar-refractivity contribution in [3.8, 4) is 0 Å². The second-order valence-corrected chi connectivity index (χ2v) is 7.73. The van der Waals surface area contributed by atoms with Crippen LogP contribution in [0.2, 0.25) is 0 Å². The molecule has 26 heavy (non-hydrogen) atoms. The first-order valence-electron chi connectivity index (χ1n) is 8.75. The van der Waals surface area contributed by atoms with Crippen LogP contribution in [0.5, 0.6) is 0 Å². The summed E-state index contributed by atoms with van der Waals surface area (Å²) in [7, 11) is 1.71. The number of thiophene rings is 1. The van der Waals surface area contributed by atoms with Gasteiger partial charge < -0.3 is 9.80 Å². The summed E-state index contributed by atoms with van der Waals surface area (Å²) < 4.78 is 0. The maximum absolute atomic E-state index is 12.7. The first kappa shape index (κ1) is 18.4. The average molecular weight is 373 g/mol. The SMILES string of the molecule is CC1CCCN(c2ccc(C(=O)N(C)Cc3ccsc3)cc2[N+](=O)[O-])C1. The fourth-order valence-electron chi connectivity index (χ4n) is 3.43. The van der Waals surface area contributed by atoms with Crippen LogP contribution >= 0.6 is 11.3 Å². The van der Waals surface area contributed by atoms with E-state index in [9.17, 15) is 14.9 Å². The first-order chi connectivity index (χ1) is 12.5. The molecule has 0 N–H and O–H groups in total. The Kier molecular flexibility index (Phi) is 5.56. The van der Waals surface area contributed by atoms with E-state index in [1.54, 1.807) is 35.4 Å². The minimum Gasteiger partial charge on any atom is -0.366 e. The number of hydrogen-bond acceptors (Lipinski definition) is 5. The molecule has 1 fully saturated rings. The van der Waals surface area contributed by atoms with Gasteiger partial charge in [0.05, 0.1) is 4.92 Å². The van der Waals surface area contributed by atoms with Crippen molar-refractivity contribution >= 4 is 28.6 Å². The van der Waals surface area contributed by atoms with Gasteiger partial charge in [0.25, 0.3) is 11.6 Å². The zero-order valence-corrected chi connectivity index (χ0v) is 15.9. The highest BCUT2D eigenvalue weighted by molar-refractivity contribution is 7.07. The topological polar surface area (TPSA) is 66.7 Å². The number of hydrogen-bond donors (Lipinski definition) is 0. The smallest absolute Gasteiger partial charge is 0.293 e. The third kappa shape index (κ3) is 4.04. The van der Waals surface area contributed by atoms with E-state index in [0.717, 1.165) is 31.5 Å². The summed E-state index contributed by atoms with van der Waals surface area (Å²) in [6.45, 7) is 4.28. The molecule has 1 aliphatic heterocycles. The van der Waals surface area contributed by atoms with Gasteiger partial charge in [0, 0.05) is 38.3 Å². The second kappa shape index (κ2) is 7.86. The van der Waals surface area contributed by atoms with E-state index in [1.807, 2.05) is 16.8 Å². The standard InChI is InChI=1S/C19H23N3O3S/c1-14-4-3-8-21(11-14)17-6-5-16(10-18(17)22(24)25)19(23)20(2)12-15-7-9-26-13-15/h5-7,9-10,13-14H,3-4,8,11-12H2,1-2H3. The molecule has 1 saturated heterocycles. The lowest BCUT2D eigenvalue weighted by atomic mass is 9.99. The Hall–Kier alpha value is -2.41. The van der Waals surface area contributed by atoms with Crippen LogP contribution in [-0.2, 0) is 6.54 Å². The Morgan fingerprint density at radius 1 is 1.42 bits per heavy atom. The van der Waals surface area contributed by atoms with E-state index < -0.39 is 0 Å². The molecule has 0 radical (unpaired) electrons. The van der Waals surface area contributed by atoms with Crippen molar-refractivity contribution in [1.82, 2.24) is 4.90 Å². The summed E-state index contributed by atoms with van der Waals surface area (Å²) in [5.41, 5.74) is 2.02. The molecule has 2 heterocycles. The van der Waals surface area contributed by atoms with E-state index in [1.165, 1.54) is 6.07 Å². The highest BCUT2D eigenvalue weighted by atomic mass is 32.1. The van der Waals surface area contributed by atoms with E-state index >= 15 is 0 Å². The van der Waals surface area contributed by atoms with Crippen molar-refractivity contribution in [2.24, 2.45) is 5.92 Å². The molecule has 6 nitrogen and oxygen atoms in total. The molecule has 1 aliphatic rings. The summed E-state index contributed by atoms with van der Waals surface area (Å²) in [5.74, 6) is 0.305. The number of piperidine rings is 1. The Morgan fingerprint density at radius 2 is 2.23 bits per heavy atom. The van der Waals surface area contributed by atoms with Gasteiger partial charge in [-0.2, -0.15) is 11.3 Å². The van der Waals surface area contributed by atoms with Crippen LogP contribution in [0.4, 0.5) is 11.4 Å². The summed E-state index contributed by atoms with van der Waals surface area (Å²) >= 11 is 1.58. The summed E-state index contributed by atoms with van der Waals surface area (Å²) in [6, 6.07) is 6.81. The molecule has 1 unspecified atom stereocenters. The van der Waals surface area contributed by atoms with Gasteiger partial charge in [-0.1, -0.05) is 6.92 Å². The van der Waals surface area contributed by atoms with Gasteiger partial charge in [-0.05, 0) is 53.3 Å². The van der Waals surface area contributed by atoms with Crippen LogP contribution in [0.15, 0.2) is 35.0 Å². The predicted octanol–water partition coefficient (Wildman–Crippen LogP) is 4.16. The molecule has 0 bridgehead atoms. The number of anilines is 1.